The number of nitrogens with zero attached hydrogens (tertiary/aromatic N) is 2. The molecule has 5 heteroatoms. The number of ether oxygens (including phenoxy) is 1. The number of carbonyl (C=O) groups excluding carboxylic acids is 1. The van der Waals surface area contributed by atoms with Crippen molar-refractivity contribution in [3.05, 3.63) is 0 Å². The Hall–Kier alpha value is -0.710. The first kappa shape index (κ1) is 13.4. The van der Waals surface area contributed by atoms with E-state index in [1.54, 1.807) is 16.7 Å². The zero-order valence-electron chi connectivity index (χ0n) is 10.6. The molecule has 4 nitrogen and oxygen atoms in total. The van der Waals surface area contributed by atoms with Gasteiger partial charge in [0.25, 0.3) is 0 Å². The first-order chi connectivity index (χ1) is 7.35. The van der Waals surface area contributed by atoms with Crippen LogP contribution in [0.1, 0.15) is 27.7 Å². The lowest BCUT2D eigenvalue weighted by molar-refractivity contribution is 0.0224. The normalized spacial score (nSPS) is 21.7. The van der Waals surface area contributed by atoms with Crippen molar-refractivity contribution in [2.75, 3.05) is 19.3 Å². The van der Waals surface area contributed by atoms with Crippen LogP contribution in [0.3, 0.4) is 0 Å². The van der Waals surface area contributed by atoms with Gasteiger partial charge in [-0.15, -0.1) is 11.8 Å². The van der Waals surface area contributed by atoms with Gasteiger partial charge in [-0.3, -0.25) is 9.89 Å². The Kier molecular flexibility index (Phi) is 4.24. The molecular weight excluding hydrogens is 224 g/mol. The summed E-state index contributed by atoms with van der Waals surface area (Å²) < 4.78 is 5.36. The monoisotopic (exact) mass is 244 g/mol. The minimum absolute atomic E-state index is 0.0265. The van der Waals surface area contributed by atoms with Gasteiger partial charge in [-0.25, -0.2) is 4.79 Å². The van der Waals surface area contributed by atoms with Gasteiger partial charge in [0, 0.05) is 6.54 Å². The third-order valence-electron chi connectivity index (χ3n) is 2.27. The lowest BCUT2D eigenvalue weighted by Gasteiger charge is -2.34. The average molecular weight is 244 g/mol. The predicted molar refractivity (Wildman–Crippen MR) is 68.2 cm³/mol. The SMILES string of the molecule is CSC1=NCCN(C(=O)OC(C)(C)C)C1C. The summed E-state index contributed by atoms with van der Waals surface area (Å²) in [4.78, 5) is 18.1. The second kappa shape index (κ2) is 5.08. The van der Waals surface area contributed by atoms with E-state index in [2.05, 4.69) is 4.99 Å². The van der Waals surface area contributed by atoms with Crippen molar-refractivity contribution in [2.24, 2.45) is 4.99 Å². The van der Waals surface area contributed by atoms with Crippen molar-refractivity contribution in [2.45, 2.75) is 39.3 Å². The molecule has 0 aromatic heterocycles. The summed E-state index contributed by atoms with van der Waals surface area (Å²) in [6, 6.07) is 0.0265. The zero-order valence-corrected chi connectivity index (χ0v) is 11.4. The van der Waals surface area contributed by atoms with Gasteiger partial charge in [0.05, 0.1) is 17.6 Å². The molecule has 0 aromatic carbocycles. The van der Waals surface area contributed by atoms with Crippen molar-refractivity contribution in [1.82, 2.24) is 4.90 Å². The van der Waals surface area contributed by atoms with Gasteiger partial charge in [0.2, 0.25) is 0 Å². The van der Waals surface area contributed by atoms with Crippen LogP contribution >= 0.6 is 11.8 Å². The summed E-state index contributed by atoms with van der Waals surface area (Å²) in [5.41, 5.74) is -0.440. The minimum atomic E-state index is -0.440. The molecule has 16 heavy (non-hydrogen) atoms. The second-order valence-corrected chi connectivity index (χ2v) is 5.60. The number of amides is 1. The van der Waals surface area contributed by atoms with Crippen LogP contribution in [0.25, 0.3) is 0 Å². The van der Waals surface area contributed by atoms with E-state index in [1.807, 2.05) is 34.0 Å². The fourth-order valence-corrected chi connectivity index (χ4v) is 2.22. The van der Waals surface area contributed by atoms with E-state index in [0.29, 0.717) is 13.1 Å². The number of hydrogen-bond acceptors (Lipinski definition) is 4. The van der Waals surface area contributed by atoms with Crippen LogP contribution < -0.4 is 0 Å². The molecule has 0 fully saturated rings. The highest BCUT2D eigenvalue weighted by Gasteiger charge is 2.30. The second-order valence-electron chi connectivity index (χ2n) is 4.77. The van der Waals surface area contributed by atoms with Crippen LogP contribution in [-0.2, 0) is 4.74 Å². The van der Waals surface area contributed by atoms with Crippen LogP contribution in [0, 0.1) is 0 Å². The Labute approximate surface area is 101 Å². The standard InChI is InChI=1S/C11H20N2O2S/c1-8-9(16-5)12-6-7-13(8)10(14)15-11(2,3)4/h8H,6-7H2,1-5H3. The molecule has 1 aliphatic rings. The number of hydrogen-bond donors (Lipinski definition) is 0. The van der Waals surface area contributed by atoms with E-state index >= 15 is 0 Å². The molecule has 0 radical (unpaired) electrons. The zero-order chi connectivity index (χ0) is 12.3. The maximum Gasteiger partial charge on any atom is 0.410 e. The average Bonchev–Trinajstić information content (AvgIpc) is 2.15. The first-order valence-corrected chi connectivity index (χ1v) is 6.65. The topological polar surface area (TPSA) is 41.9 Å². The summed E-state index contributed by atoms with van der Waals surface area (Å²) in [5, 5.41) is 0.997. The third-order valence-corrected chi connectivity index (χ3v) is 3.16. The Balaban J connectivity index is 2.68. The Morgan fingerprint density at radius 3 is 2.69 bits per heavy atom. The van der Waals surface area contributed by atoms with Crippen LogP contribution in [0.2, 0.25) is 0 Å². The maximum atomic E-state index is 11.9. The molecule has 0 saturated heterocycles. The van der Waals surface area contributed by atoms with E-state index < -0.39 is 5.60 Å². The fraction of sp³-hybridized carbons (Fsp3) is 0.818. The number of rotatable bonds is 0. The van der Waals surface area contributed by atoms with Gasteiger partial charge in [0.1, 0.15) is 5.60 Å². The smallest absolute Gasteiger partial charge is 0.410 e. The lowest BCUT2D eigenvalue weighted by Crippen LogP contribution is -2.48. The van der Waals surface area contributed by atoms with Gasteiger partial charge in [-0.2, -0.15) is 0 Å². The summed E-state index contributed by atoms with van der Waals surface area (Å²) >= 11 is 1.59. The molecule has 0 N–H and O–H groups in total. The van der Waals surface area contributed by atoms with Crippen molar-refractivity contribution in [3.8, 4) is 0 Å². The van der Waals surface area contributed by atoms with Crippen LogP contribution in [-0.4, -0.2) is 47.0 Å². The highest BCUT2D eigenvalue weighted by atomic mass is 32.2. The van der Waals surface area contributed by atoms with Crippen LogP contribution in [0.4, 0.5) is 4.79 Å². The van der Waals surface area contributed by atoms with Crippen molar-refractivity contribution >= 4 is 22.9 Å². The largest absolute Gasteiger partial charge is 0.444 e. The van der Waals surface area contributed by atoms with Crippen molar-refractivity contribution in [3.63, 3.8) is 0 Å². The summed E-state index contributed by atoms with van der Waals surface area (Å²) in [5.74, 6) is 0. The third kappa shape index (κ3) is 3.40. The molecule has 92 valence electrons. The van der Waals surface area contributed by atoms with E-state index in [0.717, 1.165) is 5.04 Å². The molecule has 0 bridgehead atoms. The molecule has 0 saturated carbocycles. The molecule has 0 aliphatic carbocycles. The quantitative estimate of drug-likeness (QED) is 0.657. The first-order valence-electron chi connectivity index (χ1n) is 5.43. The summed E-state index contributed by atoms with van der Waals surface area (Å²) in [7, 11) is 0. The van der Waals surface area contributed by atoms with Gasteiger partial charge >= 0.3 is 6.09 Å². The van der Waals surface area contributed by atoms with E-state index in [1.165, 1.54) is 0 Å². The van der Waals surface area contributed by atoms with Gasteiger partial charge in [-0.1, -0.05) is 0 Å². The Morgan fingerprint density at radius 2 is 2.19 bits per heavy atom. The number of carbonyl (C=O) groups is 1. The lowest BCUT2D eigenvalue weighted by atomic mass is 10.2. The fourth-order valence-electron chi connectivity index (χ4n) is 1.53. The van der Waals surface area contributed by atoms with Crippen LogP contribution in [0.15, 0.2) is 4.99 Å². The van der Waals surface area contributed by atoms with Crippen molar-refractivity contribution in [1.29, 1.82) is 0 Å². The van der Waals surface area contributed by atoms with E-state index in [9.17, 15) is 4.79 Å². The maximum absolute atomic E-state index is 11.9. The molecule has 1 atom stereocenters. The molecule has 1 rings (SSSR count). The van der Waals surface area contributed by atoms with Gasteiger partial charge in [0.15, 0.2) is 0 Å². The molecule has 1 unspecified atom stereocenters. The number of aliphatic imine (C=N–C) groups is 1. The Morgan fingerprint density at radius 1 is 1.56 bits per heavy atom. The molecule has 1 aliphatic heterocycles. The predicted octanol–water partition coefficient (Wildman–Crippen LogP) is 2.39. The van der Waals surface area contributed by atoms with Gasteiger partial charge in [-0.05, 0) is 34.0 Å². The highest BCUT2D eigenvalue weighted by Crippen LogP contribution is 2.18. The molecule has 1 heterocycles. The van der Waals surface area contributed by atoms with E-state index in [-0.39, 0.29) is 12.1 Å². The molecule has 0 aromatic rings. The number of thioether (sulfide) groups is 1. The highest BCUT2D eigenvalue weighted by molar-refractivity contribution is 8.13. The summed E-state index contributed by atoms with van der Waals surface area (Å²) in [6.45, 7) is 8.92. The Bertz CT molecular complexity index is 297. The minimum Gasteiger partial charge on any atom is -0.444 e. The summed E-state index contributed by atoms with van der Waals surface area (Å²) in [6.07, 6.45) is 1.73. The van der Waals surface area contributed by atoms with Crippen LogP contribution in [0.5, 0.6) is 0 Å². The molecule has 0 spiro atoms. The van der Waals surface area contributed by atoms with Crippen molar-refractivity contribution < 1.29 is 9.53 Å². The van der Waals surface area contributed by atoms with Gasteiger partial charge < -0.3 is 4.74 Å². The molecular formula is C11H20N2O2S. The molecule has 1 amide bonds. The van der Waals surface area contributed by atoms with E-state index in [4.69, 9.17) is 4.74 Å².